The van der Waals surface area contributed by atoms with Crippen molar-refractivity contribution < 1.29 is 14.4 Å². The molecule has 0 bridgehead atoms. The summed E-state index contributed by atoms with van der Waals surface area (Å²) in [5, 5.41) is 0.243. The highest BCUT2D eigenvalue weighted by Gasteiger charge is 2.39. The van der Waals surface area contributed by atoms with Gasteiger partial charge in [0.2, 0.25) is 5.91 Å². The first-order valence-corrected chi connectivity index (χ1v) is 8.05. The molecule has 2 heterocycles. The Bertz CT molecular complexity index is 669. The maximum atomic E-state index is 12.4. The van der Waals surface area contributed by atoms with E-state index in [4.69, 9.17) is 11.6 Å². The first-order chi connectivity index (χ1) is 11.0. The van der Waals surface area contributed by atoms with Crippen molar-refractivity contribution in [2.75, 3.05) is 39.3 Å². The third-order valence-corrected chi connectivity index (χ3v) is 4.73. The molecule has 23 heavy (non-hydrogen) atoms. The van der Waals surface area contributed by atoms with Crippen LogP contribution in [0.25, 0.3) is 0 Å². The molecular weight excluding hydrogens is 318 g/mol. The number of amides is 3. The lowest BCUT2D eigenvalue weighted by atomic mass is 10.1. The Kier molecular flexibility index (Phi) is 4.37. The summed E-state index contributed by atoms with van der Waals surface area (Å²) in [5.41, 5.74) is 0.467. The number of carbonyl (C=O) groups excluding carboxylic acids is 3. The number of fused-ring (bicyclic) bond motifs is 1. The predicted octanol–water partition coefficient (Wildman–Crippen LogP) is 1.10. The number of hydrogen-bond donors (Lipinski definition) is 0. The molecule has 122 valence electrons. The molecule has 0 aromatic heterocycles. The van der Waals surface area contributed by atoms with Gasteiger partial charge in [-0.25, -0.2) is 0 Å². The lowest BCUT2D eigenvalue weighted by molar-refractivity contribution is -0.133. The first kappa shape index (κ1) is 16.0. The largest absolute Gasteiger partial charge is 0.339 e. The fourth-order valence-corrected chi connectivity index (χ4v) is 3.24. The average molecular weight is 336 g/mol. The molecule has 2 aliphatic rings. The van der Waals surface area contributed by atoms with Gasteiger partial charge in [0.15, 0.2) is 0 Å². The van der Waals surface area contributed by atoms with E-state index in [0.717, 1.165) is 24.5 Å². The van der Waals surface area contributed by atoms with Gasteiger partial charge in [0.05, 0.1) is 16.1 Å². The van der Waals surface area contributed by atoms with Crippen molar-refractivity contribution >= 4 is 29.3 Å². The van der Waals surface area contributed by atoms with E-state index in [9.17, 15) is 14.4 Å². The van der Waals surface area contributed by atoms with Crippen LogP contribution in [-0.2, 0) is 4.79 Å². The van der Waals surface area contributed by atoms with E-state index < -0.39 is 11.8 Å². The van der Waals surface area contributed by atoms with Gasteiger partial charge >= 0.3 is 0 Å². The molecule has 0 unspecified atom stereocenters. The van der Waals surface area contributed by atoms with Crippen molar-refractivity contribution in [1.82, 2.24) is 14.7 Å². The Morgan fingerprint density at radius 2 is 1.83 bits per heavy atom. The minimum atomic E-state index is -0.490. The van der Waals surface area contributed by atoms with Crippen LogP contribution in [-0.4, -0.2) is 71.7 Å². The molecule has 1 aromatic rings. The van der Waals surface area contributed by atoms with Crippen LogP contribution >= 0.6 is 11.6 Å². The van der Waals surface area contributed by atoms with Crippen LogP contribution in [0, 0.1) is 0 Å². The van der Waals surface area contributed by atoms with E-state index in [1.54, 1.807) is 23.1 Å². The monoisotopic (exact) mass is 335 g/mol. The summed E-state index contributed by atoms with van der Waals surface area (Å²) in [7, 11) is 0. The molecule has 3 rings (SSSR count). The molecular formula is C16H18ClN3O3. The summed E-state index contributed by atoms with van der Waals surface area (Å²) in [6, 6.07) is 4.76. The van der Waals surface area contributed by atoms with Gasteiger partial charge in [-0.05, 0) is 18.7 Å². The van der Waals surface area contributed by atoms with Crippen LogP contribution in [0.3, 0.4) is 0 Å². The maximum absolute atomic E-state index is 12.4. The number of piperazine rings is 1. The van der Waals surface area contributed by atoms with Crippen molar-refractivity contribution in [3.8, 4) is 0 Å². The van der Waals surface area contributed by atoms with Crippen molar-refractivity contribution in [2.24, 2.45) is 0 Å². The molecule has 6 nitrogen and oxygen atoms in total. The number of hydrogen-bond acceptors (Lipinski definition) is 4. The van der Waals surface area contributed by atoms with Gasteiger partial charge in [-0.1, -0.05) is 24.6 Å². The smallest absolute Gasteiger partial charge is 0.263 e. The number of nitrogens with zero attached hydrogens (tertiary/aromatic N) is 3. The standard InChI is InChI=1S/C16H18ClN3O3/c1-2-18-6-8-19(9-7-18)13(21)10-20-15(22)11-4-3-5-12(17)14(11)16(20)23/h3-5H,2,6-10H2,1H3. The lowest BCUT2D eigenvalue weighted by Gasteiger charge is -2.34. The first-order valence-electron chi connectivity index (χ1n) is 7.67. The minimum absolute atomic E-state index is 0.197. The molecule has 1 saturated heterocycles. The quantitative estimate of drug-likeness (QED) is 0.776. The van der Waals surface area contributed by atoms with Crippen LogP contribution in [0.2, 0.25) is 5.02 Å². The Morgan fingerprint density at radius 1 is 1.13 bits per heavy atom. The normalized spacial score (nSPS) is 18.5. The van der Waals surface area contributed by atoms with Gasteiger partial charge in [0, 0.05) is 26.2 Å². The minimum Gasteiger partial charge on any atom is -0.339 e. The SMILES string of the molecule is CCN1CCN(C(=O)CN2C(=O)c3cccc(Cl)c3C2=O)CC1. The Labute approximate surface area is 139 Å². The second kappa shape index (κ2) is 6.29. The third kappa shape index (κ3) is 2.84. The number of rotatable bonds is 3. The zero-order valence-electron chi connectivity index (χ0n) is 12.9. The number of likely N-dealkylation sites (N-methyl/N-ethyl adjacent to an activating group) is 1. The van der Waals surface area contributed by atoms with E-state index in [1.807, 2.05) is 0 Å². The van der Waals surface area contributed by atoms with Crippen LogP contribution < -0.4 is 0 Å². The Hall–Kier alpha value is -1.92. The highest BCUT2D eigenvalue weighted by molar-refractivity contribution is 6.37. The highest BCUT2D eigenvalue weighted by atomic mass is 35.5. The molecule has 0 N–H and O–H groups in total. The van der Waals surface area contributed by atoms with E-state index in [-0.39, 0.29) is 28.6 Å². The summed E-state index contributed by atoms with van der Waals surface area (Å²) < 4.78 is 0. The fourth-order valence-electron chi connectivity index (χ4n) is 2.98. The summed E-state index contributed by atoms with van der Waals surface area (Å²) in [6.07, 6.45) is 0. The predicted molar refractivity (Wildman–Crippen MR) is 85.5 cm³/mol. The van der Waals surface area contributed by atoms with E-state index in [0.29, 0.717) is 13.1 Å². The lowest BCUT2D eigenvalue weighted by Crippen LogP contribution is -2.51. The molecule has 0 radical (unpaired) electrons. The maximum Gasteiger partial charge on any atom is 0.263 e. The van der Waals surface area contributed by atoms with Crippen LogP contribution in [0.1, 0.15) is 27.6 Å². The fraction of sp³-hybridized carbons (Fsp3) is 0.438. The van der Waals surface area contributed by atoms with Gasteiger partial charge in [-0.3, -0.25) is 19.3 Å². The van der Waals surface area contributed by atoms with Crippen LogP contribution in [0.15, 0.2) is 18.2 Å². The topological polar surface area (TPSA) is 60.9 Å². The molecule has 7 heteroatoms. The van der Waals surface area contributed by atoms with Crippen molar-refractivity contribution in [1.29, 1.82) is 0 Å². The molecule has 0 spiro atoms. The molecule has 3 amide bonds. The number of carbonyl (C=O) groups is 3. The molecule has 2 aliphatic heterocycles. The van der Waals surface area contributed by atoms with Gasteiger partial charge < -0.3 is 9.80 Å². The third-order valence-electron chi connectivity index (χ3n) is 4.41. The Balaban J connectivity index is 1.70. The van der Waals surface area contributed by atoms with E-state index in [2.05, 4.69) is 11.8 Å². The van der Waals surface area contributed by atoms with Crippen LogP contribution in [0.5, 0.6) is 0 Å². The molecule has 0 atom stereocenters. The van der Waals surface area contributed by atoms with Gasteiger partial charge in [0.1, 0.15) is 6.54 Å². The van der Waals surface area contributed by atoms with Crippen molar-refractivity contribution in [2.45, 2.75) is 6.92 Å². The van der Waals surface area contributed by atoms with Gasteiger partial charge in [-0.2, -0.15) is 0 Å². The highest BCUT2D eigenvalue weighted by Crippen LogP contribution is 2.29. The second-order valence-corrected chi connectivity index (χ2v) is 6.08. The number of halogens is 1. The number of imide groups is 1. The summed E-state index contributed by atoms with van der Waals surface area (Å²) in [4.78, 5) is 42.1. The van der Waals surface area contributed by atoms with Gasteiger partial charge in [-0.15, -0.1) is 0 Å². The van der Waals surface area contributed by atoms with Crippen LogP contribution in [0.4, 0.5) is 0 Å². The zero-order valence-corrected chi connectivity index (χ0v) is 13.7. The van der Waals surface area contributed by atoms with E-state index in [1.165, 1.54) is 0 Å². The molecule has 0 aliphatic carbocycles. The molecule has 1 aromatic carbocycles. The van der Waals surface area contributed by atoms with E-state index >= 15 is 0 Å². The summed E-state index contributed by atoms with van der Waals surface area (Å²) in [6.45, 7) is 5.69. The second-order valence-electron chi connectivity index (χ2n) is 5.67. The average Bonchev–Trinajstić information content (AvgIpc) is 2.81. The van der Waals surface area contributed by atoms with Crippen molar-refractivity contribution in [3.63, 3.8) is 0 Å². The molecule has 1 fully saturated rings. The summed E-state index contributed by atoms with van der Waals surface area (Å²) in [5.74, 6) is -1.14. The zero-order chi connectivity index (χ0) is 16.6. The Morgan fingerprint density at radius 3 is 2.43 bits per heavy atom. The summed E-state index contributed by atoms with van der Waals surface area (Å²) >= 11 is 6.01. The van der Waals surface area contributed by atoms with Gasteiger partial charge in [0.25, 0.3) is 11.8 Å². The number of benzene rings is 1. The molecule has 0 saturated carbocycles. The van der Waals surface area contributed by atoms with Crippen molar-refractivity contribution in [3.05, 3.63) is 34.3 Å².